The third-order valence-electron chi connectivity index (χ3n) is 7.11. The van der Waals surface area contributed by atoms with Crippen molar-refractivity contribution in [1.29, 1.82) is 0 Å². The lowest BCUT2D eigenvalue weighted by atomic mass is 9.86. The molecular weight excluding hydrogens is 465 g/mol. The molecule has 0 unspecified atom stereocenters. The second-order valence-corrected chi connectivity index (χ2v) is 9.61. The molecule has 2 atom stereocenters. The molecule has 0 saturated carbocycles. The highest BCUT2D eigenvalue weighted by Crippen LogP contribution is 2.42. The standard InChI is InChI=1S/C28H23ClFN3O2/c29-19-9-7-18(8-10-19)27-26-22(21-3-1-2-4-23(21)31-26)15-24-28(35)32(16-25(34)33(24)27)14-13-17-5-11-20(30)12-6-17/h1-12,24,27,31H,13-16H2/t24-,27-/m0/s1. The number of amides is 2. The predicted octanol–water partition coefficient (Wildman–Crippen LogP) is 4.89. The molecule has 2 aliphatic heterocycles. The summed E-state index contributed by atoms with van der Waals surface area (Å²) in [5.74, 6) is -0.432. The third kappa shape index (κ3) is 3.78. The molecule has 3 aromatic carbocycles. The topological polar surface area (TPSA) is 56.4 Å². The normalized spacial score (nSPS) is 19.7. The van der Waals surface area contributed by atoms with E-state index in [0.29, 0.717) is 24.4 Å². The number of hydrogen-bond donors (Lipinski definition) is 1. The Hall–Kier alpha value is -3.64. The number of nitrogens with zero attached hydrogens (tertiary/aromatic N) is 2. The summed E-state index contributed by atoms with van der Waals surface area (Å²) in [6.45, 7) is 0.434. The van der Waals surface area contributed by atoms with E-state index in [1.165, 1.54) is 12.1 Å². The Balaban J connectivity index is 1.38. The highest BCUT2D eigenvalue weighted by atomic mass is 35.5. The molecule has 3 heterocycles. The molecule has 1 aromatic heterocycles. The van der Waals surface area contributed by atoms with Gasteiger partial charge in [0.05, 0.1) is 12.6 Å². The van der Waals surface area contributed by atoms with Crippen molar-refractivity contribution in [1.82, 2.24) is 14.8 Å². The molecule has 0 radical (unpaired) electrons. The van der Waals surface area contributed by atoms with Crippen molar-refractivity contribution in [2.75, 3.05) is 13.1 Å². The molecule has 0 bridgehead atoms. The van der Waals surface area contributed by atoms with Crippen LogP contribution in [0.2, 0.25) is 5.02 Å². The van der Waals surface area contributed by atoms with Gasteiger partial charge in [0.2, 0.25) is 11.8 Å². The van der Waals surface area contributed by atoms with Crippen LogP contribution >= 0.6 is 11.6 Å². The first-order valence-electron chi connectivity index (χ1n) is 11.7. The van der Waals surface area contributed by atoms with Crippen molar-refractivity contribution in [2.24, 2.45) is 0 Å². The Morgan fingerprint density at radius 3 is 2.49 bits per heavy atom. The maximum atomic E-state index is 13.7. The fraction of sp³-hybridized carbons (Fsp3) is 0.214. The Morgan fingerprint density at radius 1 is 0.971 bits per heavy atom. The summed E-state index contributed by atoms with van der Waals surface area (Å²) in [5.41, 5.74) is 4.85. The van der Waals surface area contributed by atoms with Gasteiger partial charge < -0.3 is 14.8 Å². The molecule has 4 aromatic rings. The van der Waals surface area contributed by atoms with Crippen LogP contribution < -0.4 is 0 Å². The van der Waals surface area contributed by atoms with Crippen LogP contribution in [-0.4, -0.2) is 45.7 Å². The van der Waals surface area contributed by atoms with E-state index in [2.05, 4.69) is 11.1 Å². The Labute approximate surface area is 207 Å². The monoisotopic (exact) mass is 487 g/mol. The first kappa shape index (κ1) is 21.9. The van der Waals surface area contributed by atoms with Crippen LogP contribution in [0, 0.1) is 5.82 Å². The average Bonchev–Trinajstić information content (AvgIpc) is 3.24. The first-order chi connectivity index (χ1) is 17.0. The number of H-pyrrole nitrogens is 1. The summed E-state index contributed by atoms with van der Waals surface area (Å²) in [4.78, 5) is 34.2. The molecule has 6 rings (SSSR count). The van der Waals surface area contributed by atoms with E-state index in [-0.39, 0.29) is 24.2 Å². The smallest absolute Gasteiger partial charge is 0.246 e. The molecule has 0 spiro atoms. The SMILES string of the molecule is O=C1[C@@H]2Cc3c([nH]c4ccccc34)[C@H](c3ccc(Cl)cc3)N2C(=O)CN1CCc1ccc(F)cc1. The van der Waals surface area contributed by atoms with Gasteiger partial charge in [-0.25, -0.2) is 4.39 Å². The van der Waals surface area contributed by atoms with Gasteiger partial charge >= 0.3 is 0 Å². The number of aromatic nitrogens is 1. The van der Waals surface area contributed by atoms with Gasteiger partial charge in [-0.15, -0.1) is 0 Å². The largest absolute Gasteiger partial charge is 0.356 e. The van der Waals surface area contributed by atoms with Gasteiger partial charge in [-0.05, 0) is 53.4 Å². The molecule has 0 aliphatic carbocycles. The first-order valence-corrected chi connectivity index (χ1v) is 12.1. The Bertz CT molecular complexity index is 1430. The van der Waals surface area contributed by atoms with E-state index < -0.39 is 12.1 Å². The third-order valence-corrected chi connectivity index (χ3v) is 7.36. The van der Waals surface area contributed by atoms with E-state index in [0.717, 1.165) is 33.3 Å². The number of halogens is 2. The maximum Gasteiger partial charge on any atom is 0.246 e. The Kier molecular flexibility index (Phi) is 5.33. The number of rotatable bonds is 4. The number of para-hydroxylation sites is 1. The molecule has 35 heavy (non-hydrogen) atoms. The van der Waals surface area contributed by atoms with E-state index in [4.69, 9.17) is 11.6 Å². The van der Waals surface area contributed by atoms with Crippen molar-refractivity contribution in [3.8, 4) is 0 Å². The molecule has 5 nitrogen and oxygen atoms in total. The number of hydrogen-bond acceptors (Lipinski definition) is 2. The molecule has 1 fully saturated rings. The van der Waals surface area contributed by atoms with Gasteiger partial charge in [0.15, 0.2) is 0 Å². The zero-order chi connectivity index (χ0) is 24.1. The number of carbonyl (C=O) groups excluding carboxylic acids is 2. The van der Waals surface area contributed by atoms with Gasteiger partial charge in [0.25, 0.3) is 0 Å². The van der Waals surface area contributed by atoms with Crippen molar-refractivity contribution in [2.45, 2.75) is 24.9 Å². The van der Waals surface area contributed by atoms with Crippen molar-refractivity contribution in [3.05, 3.63) is 106 Å². The lowest BCUT2D eigenvalue weighted by Gasteiger charge is -2.47. The van der Waals surface area contributed by atoms with E-state index in [1.807, 2.05) is 42.5 Å². The molecular formula is C28H23ClFN3O2. The second-order valence-electron chi connectivity index (χ2n) is 9.17. The van der Waals surface area contributed by atoms with Crippen LogP contribution in [-0.2, 0) is 22.4 Å². The van der Waals surface area contributed by atoms with E-state index in [1.54, 1.807) is 21.9 Å². The van der Waals surface area contributed by atoms with Crippen molar-refractivity contribution < 1.29 is 14.0 Å². The molecule has 1 saturated heterocycles. The van der Waals surface area contributed by atoms with Crippen LogP contribution in [0.4, 0.5) is 4.39 Å². The summed E-state index contributed by atoms with van der Waals surface area (Å²) < 4.78 is 13.3. The van der Waals surface area contributed by atoms with Gasteiger partial charge in [-0.3, -0.25) is 9.59 Å². The number of carbonyl (C=O) groups is 2. The zero-order valence-corrected chi connectivity index (χ0v) is 19.6. The molecule has 2 aliphatic rings. The minimum Gasteiger partial charge on any atom is -0.356 e. The number of aromatic amines is 1. The van der Waals surface area contributed by atoms with Crippen LogP contribution in [0.1, 0.15) is 28.4 Å². The summed E-state index contributed by atoms with van der Waals surface area (Å²) in [5, 5.41) is 1.69. The molecule has 176 valence electrons. The van der Waals surface area contributed by atoms with Gasteiger partial charge in [-0.2, -0.15) is 0 Å². The van der Waals surface area contributed by atoms with Crippen LogP contribution in [0.5, 0.6) is 0 Å². The van der Waals surface area contributed by atoms with E-state index >= 15 is 0 Å². The highest BCUT2D eigenvalue weighted by molar-refractivity contribution is 6.30. The zero-order valence-electron chi connectivity index (χ0n) is 18.9. The predicted molar refractivity (Wildman–Crippen MR) is 133 cm³/mol. The van der Waals surface area contributed by atoms with Crippen LogP contribution in [0.3, 0.4) is 0 Å². The van der Waals surface area contributed by atoms with Crippen LogP contribution in [0.25, 0.3) is 10.9 Å². The van der Waals surface area contributed by atoms with Crippen molar-refractivity contribution in [3.63, 3.8) is 0 Å². The summed E-state index contributed by atoms with van der Waals surface area (Å²) >= 11 is 6.15. The van der Waals surface area contributed by atoms with Gasteiger partial charge in [0, 0.05) is 34.6 Å². The fourth-order valence-corrected chi connectivity index (χ4v) is 5.55. The molecule has 2 amide bonds. The number of fused-ring (bicyclic) bond motifs is 4. The summed E-state index contributed by atoms with van der Waals surface area (Å²) in [6, 6.07) is 20.8. The highest BCUT2D eigenvalue weighted by Gasteiger charge is 2.48. The summed E-state index contributed by atoms with van der Waals surface area (Å²) in [7, 11) is 0. The van der Waals surface area contributed by atoms with Crippen LogP contribution in [0.15, 0.2) is 72.8 Å². The second kappa shape index (κ2) is 8.54. The maximum absolute atomic E-state index is 13.7. The molecule has 7 heteroatoms. The lowest BCUT2D eigenvalue weighted by molar-refractivity contribution is -0.158. The Morgan fingerprint density at radius 2 is 1.71 bits per heavy atom. The lowest BCUT2D eigenvalue weighted by Crippen LogP contribution is -2.63. The average molecular weight is 488 g/mol. The fourth-order valence-electron chi connectivity index (χ4n) is 5.42. The minimum atomic E-state index is -0.586. The number of nitrogens with one attached hydrogen (secondary N) is 1. The van der Waals surface area contributed by atoms with Gasteiger partial charge in [0.1, 0.15) is 11.9 Å². The minimum absolute atomic E-state index is 0.0240. The van der Waals surface area contributed by atoms with Gasteiger partial charge in [-0.1, -0.05) is 54.1 Å². The quantitative estimate of drug-likeness (QED) is 0.445. The number of piperazine rings is 1. The summed E-state index contributed by atoms with van der Waals surface area (Å²) in [6.07, 6.45) is 1.02. The van der Waals surface area contributed by atoms with E-state index in [9.17, 15) is 14.0 Å². The molecule has 1 N–H and O–H groups in total. The number of benzene rings is 3. The van der Waals surface area contributed by atoms with Crippen molar-refractivity contribution >= 4 is 34.3 Å².